The lowest BCUT2D eigenvalue weighted by molar-refractivity contribution is -0.113. The summed E-state index contributed by atoms with van der Waals surface area (Å²) in [6.45, 7) is 8.41. The molecule has 0 spiro atoms. The number of carbonyl (C=O) groups is 2. The topological polar surface area (TPSA) is 88.9 Å². The fourth-order valence-electron chi connectivity index (χ4n) is 3.15. The van der Waals surface area contributed by atoms with Gasteiger partial charge in [0.05, 0.1) is 21.8 Å². The number of aromatic nitrogens is 3. The second-order valence-electron chi connectivity index (χ2n) is 7.54. The van der Waals surface area contributed by atoms with E-state index in [-0.39, 0.29) is 17.6 Å². The number of anilines is 1. The fraction of sp³-hybridized carbons (Fsp3) is 0.304. The molecular weight excluding hydrogens is 481 g/mol. The molecule has 33 heavy (non-hydrogen) atoms. The van der Waals surface area contributed by atoms with Crippen LogP contribution in [0.1, 0.15) is 47.2 Å². The van der Waals surface area contributed by atoms with E-state index in [1.165, 1.54) is 23.4 Å². The van der Waals surface area contributed by atoms with Gasteiger partial charge in [-0.2, -0.15) is 0 Å². The number of rotatable bonds is 8. The van der Waals surface area contributed by atoms with Gasteiger partial charge in [0.25, 0.3) is 5.91 Å². The first kappa shape index (κ1) is 25.1. The molecule has 0 aliphatic rings. The average Bonchev–Trinajstić information content (AvgIpc) is 3.19. The highest BCUT2D eigenvalue weighted by Gasteiger charge is 2.20. The molecule has 1 heterocycles. The summed E-state index contributed by atoms with van der Waals surface area (Å²) in [6.07, 6.45) is 0. The SMILES string of the molecule is CCn1c(SCC(=O)Nc2ccc(C)c(C)c2)nnc1[C@H](C)NC(=O)c1ccc(Cl)c(Cl)c1. The van der Waals surface area contributed by atoms with Gasteiger partial charge in [0.1, 0.15) is 0 Å². The van der Waals surface area contributed by atoms with E-state index in [1.54, 1.807) is 12.1 Å². The van der Waals surface area contributed by atoms with Crippen LogP contribution in [0, 0.1) is 13.8 Å². The Hall–Kier alpha value is -2.55. The summed E-state index contributed by atoms with van der Waals surface area (Å²) in [4.78, 5) is 25.0. The molecule has 3 rings (SSSR count). The molecule has 1 aromatic heterocycles. The van der Waals surface area contributed by atoms with E-state index >= 15 is 0 Å². The zero-order valence-electron chi connectivity index (χ0n) is 18.8. The van der Waals surface area contributed by atoms with Crippen molar-refractivity contribution in [3.8, 4) is 0 Å². The Morgan fingerprint density at radius 3 is 2.48 bits per heavy atom. The molecule has 0 unspecified atom stereocenters. The molecule has 0 aliphatic carbocycles. The largest absolute Gasteiger partial charge is 0.342 e. The maximum absolute atomic E-state index is 12.6. The highest BCUT2D eigenvalue weighted by molar-refractivity contribution is 7.99. The van der Waals surface area contributed by atoms with E-state index in [2.05, 4.69) is 20.8 Å². The van der Waals surface area contributed by atoms with Gasteiger partial charge in [0.2, 0.25) is 5.91 Å². The number of aryl methyl sites for hydroxylation is 2. The van der Waals surface area contributed by atoms with Crippen molar-refractivity contribution >= 4 is 52.5 Å². The molecule has 1 atom stereocenters. The first-order valence-corrected chi connectivity index (χ1v) is 12.1. The molecule has 0 bridgehead atoms. The number of amides is 2. The Bertz CT molecular complexity index is 1180. The van der Waals surface area contributed by atoms with Crippen molar-refractivity contribution < 1.29 is 9.59 Å². The second-order valence-corrected chi connectivity index (χ2v) is 9.30. The standard InChI is InChI=1S/C23H25Cl2N5O2S/c1-5-30-21(15(4)26-22(32)16-7-9-18(24)19(25)11-16)28-29-23(30)33-12-20(31)27-17-8-6-13(2)14(3)10-17/h6-11,15H,5,12H2,1-4H3,(H,26,32)(H,27,31)/t15-/m0/s1. The first-order valence-electron chi connectivity index (χ1n) is 10.4. The van der Waals surface area contributed by atoms with Crippen LogP contribution in [0.5, 0.6) is 0 Å². The Morgan fingerprint density at radius 2 is 1.82 bits per heavy atom. The molecule has 0 saturated heterocycles. The van der Waals surface area contributed by atoms with Gasteiger partial charge in [0.15, 0.2) is 11.0 Å². The number of carbonyl (C=O) groups excluding carboxylic acids is 2. The smallest absolute Gasteiger partial charge is 0.251 e. The minimum Gasteiger partial charge on any atom is -0.342 e. The van der Waals surface area contributed by atoms with Gasteiger partial charge in [-0.15, -0.1) is 10.2 Å². The third kappa shape index (κ3) is 6.28. The van der Waals surface area contributed by atoms with Crippen LogP contribution in [0.4, 0.5) is 5.69 Å². The van der Waals surface area contributed by atoms with Crippen LogP contribution in [-0.2, 0) is 11.3 Å². The lowest BCUT2D eigenvalue weighted by atomic mass is 10.1. The Morgan fingerprint density at radius 1 is 1.06 bits per heavy atom. The van der Waals surface area contributed by atoms with Crippen LogP contribution < -0.4 is 10.6 Å². The molecule has 10 heteroatoms. The van der Waals surface area contributed by atoms with E-state index in [1.807, 2.05) is 50.5 Å². The highest BCUT2D eigenvalue weighted by Crippen LogP contribution is 2.24. The summed E-state index contributed by atoms with van der Waals surface area (Å²) >= 11 is 13.2. The van der Waals surface area contributed by atoms with E-state index in [0.29, 0.717) is 33.1 Å². The van der Waals surface area contributed by atoms with E-state index < -0.39 is 6.04 Å². The van der Waals surface area contributed by atoms with Gasteiger partial charge in [-0.3, -0.25) is 9.59 Å². The van der Waals surface area contributed by atoms with Gasteiger partial charge in [-0.05, 0) is 69.2 Å². The third-order valence-electron chi connectivity index (χ3n) is 5.10. The normalized spacial score (nSPS) is 11.8. The summed E-state index contributed by atoms with van der Waals surface area (Å²) in [5, 5.41) is 15.6. The second kappa shape index (κ2) is 11.0. The predicted octanol–water partition coefficient (Wildman–Crippen LogP) is 5.44. The van der Waals surface area contributed by atoms with Gasteiger partial charge in [-0.25, -0.2) is 0 Å². The first-order chi connectivity index (χ1) is 15.7. The zero-order valence-corrected chi connectivity index (χ0v) is 21.1. The Kier molecular flexibility index (Phi) is 8.40. The van der Waals surface area contributed by atoms with Gasteiger partial charge in [-0.1, -0.05) is 41.0 Å². The third-order valence-corrected chi connectivity index (χ3v) is 6.81. The Balaban J connectivity index is 1.63. The number of nitrogens with zero attached hydrogens (tertiary/aromatic N) is 3. The molecule has 2 amide bonds. The van der Waals surface area contributed by atoms with E-state index in [0.717, 1.165) is 11.3 Å². The molecule has 0 saturated carbocycles. The maximum atomic E-state index is 12.6. The van der Waals surface area contributed by atoms with Crippen molar-refractivity contribution in [2.45, 2.75) is 45.4 Å². The van der Waals surface area contributed by atoms with Crippen molar-refractivity contribution in [2.75, 3.05) is 11.1 Å². The molecular formula is C23H25Cl2N5O2S. The number of hydrogen-bond donors (Lipinski definition) is 2. The minimum absolute atomic E-state index is 0.128. The molecule has 174 valence electrons. The van der Waals surface area contributed by atoms with Crippen molar-refractivity contribution in [3.63, 3.8) is 0 Å². The highest BCUT2D eigenvalue weighted by atomic mass is 35.5. The van der Waals surface area contributed by atoms with Gasteiger partial charge >= 0.3 is 0 Å². The number of hydrogen-bond acceptors (Lipinski definition) is 5. The molecule has 2 N–H and O–H groups in total. The average molecular weight is 506 g/mol. The van der Waals surface area contributed by atoms with Crippen molar-refractivity contribution in [2.24, 2.45) is 0 Å². The fourth-order valence-corrected chi connectivity index (χ4v) is 4.26. The van der Waals surface area contributed by atoms with Crippen molar-refractivity contribution in [1.82, 2.24) is 20.1 Å². The molecule has 0 radical (unpaired) electrons. The van der Waals surface area contributed by atoms with Crippen LogP contribution in [0.25, 0.3) is 0 Å². The number of thioether (sulfide) groups is 1. The summed E-state index contributed by atoms with van der Waals surface area (Å²) in [6, 6.07) is 10.1. The van der Waals surface area contributed by atoms with Crippen LogP contribution in [0.3, 0.4) is 0 Å². The lowest BCUT2D eigenvalue weighted by Crippen LogP contribution is -2.28. The van der Waals surface area contributed by atoms with Crippen molar-refractivity contribution in [1.29, 1.82) is 0 Å². The summed E-state index contributed by atoms with van der Waals surface area (Å²) < 4.78 is 1.88. The summed E-state index contributed by atoms with van der Waals surface area (Å²) in [5.41, 5.74) is 3.45. The molecule has 0 fully saturated rings. The Labute approximate surface area is 207 Å². The van der Waals surface area contributed by atoms with Crippen LogP contribution in [0.2, 0.25) is 10.0 Å². The van der Waals surface area contributed by atoms with E-state index in [9.17, 15) is 9.59 Å². The summed E-state index contributed by atoms with van der Waals surface area (Å²) in [5.74, 6) is 0.364. The maximum Gasteiger partial charge on any atom is 0.251 e. The van der Waals surface area contributed by atoms with Crippen LogP contribution in [0.15, 0.2) is 41.6 Å². The van der Waals surface area contributed by atoms with Crippen molar-refractivity contribution in [3.05, 3.63) is 69.0 Å². The van der Waals surface area contributed by atoms with Crippen LogP contribution >= 0.6 is 35.0 Å². The van der Waals surface area contributed by atoms with E-state index in [4.69, 9.17) is 23.2 Å². The molecule has 2 aromatic carbocycles. The van der Waals surface area contributed by atoms with Gasteiger partial charge < -0.3 is 15.2 Å². The summed E-state index contributed by atoms with van der Waals surface area (Å²) in [7, 11) is 0. The molecule has 0 aliphatic heterocycles. The number of nitrogens with one attached hydrogen (secondary N) is 2. The zero-order chi connectivity index (χ0) is 24.1. The number of halogens is 2. The quantitative estimate of drug-likeness (QED) is 0.397. The number of benzene rings is 2. The molecule has 7 nitrogen and oxygen atoms in total. The molecule has 3 aromatic rings. The monoisotopic (exact) mass is 505 g/mol. The lowest BCUT2D eigenvalue weighted by Gasteiger charge is -2.15. The van der Waals surface area contributed by atoms with Crippen LogP contribution in [-0.4, -0.2) is 32.3 Å². The predicted molar refractivity (Wildman–Crippen MR) is 133 cm³/mol. The van der Waals surface area contributed by atoms with Gasteiger partial charge in [0, 0.05) is 17.8 Å². The minimum atomic E-state index is -0.405.